The molecule has 3 rings (SSSR count). The number of nitrogens with zero attached hydrogens (tertiary/aromatic N) is 2. The van der Waals surface area contributed by atoms with Crippen LogP contribution in [0.15, 0.2) is 42.5 Å². The predicted octanol–water partition coefficient (Wildman–Crippen LogP) is 4.17. The summed E-state index contributed by atoms with van der Waals surface area (Å²) in [5, 5.41) is 3.90. The summed E-state index contributed by atoms with van der Waals surface area (Å²) in [6.07, 6.45) is 0. The smallest absolute Gasteiger partial charge is 0.224 e. The average Bonchev–Trinajstić information content (AvgIpc) is 2.46. The number of aromatic nitrogens is 2. The molecule has 21 heavy (non-hydrogen) atoms. The molecule has 1 N–H and O–H groups in total. The number of nitrogens with one attached hydrogen (secondary N) is 1. The van der Waals surface area contributed by atoms with Gasteiger partial charge in [-0.25, -0.2) is 18.7 Å². The fourth-order valence-electron chi connectivity index (χ4n) is 2.03. The highest BCUT2D eigenvalue weighted by molar-refractivity contribution is 6.28. The van der Waals surface area contributed by atoms with E-state index in [0.29, 0.717) is 16.9 Å². The van der Waals surface area contributed by atoms with Gasteiger partial charge >= 0.3 is 0 Å². The van der Waals surface area contributed by atoms with Crippen molar-refractivity contribution >= 4 is 28.3 Å². The summed E-state index contributed by atoms with van der Waals surface area (Å²) in [6, 6.07) is 10.8. The van der Waals surface area contributed by atoms with Crippen LogP contribution in [0.3, 0.4) is 0 Å². The standard InChI is InChI=1S/C15H10ClF2N3/c16-15-20-13-4-2-1-3-11(13)14(21-15)19-8-9-5-6-10(17)7-12(9)18/h1-7H,8H2,(H,19,20,21). The number of hydrogen-bond acceptors (Lipinski definition) is 3. The van der Waals surface area contributed by atoms with Gasteiger partial charge in [-0.05, 0) is 29.8 Å². The van der Waals surface area contributed by atoms with Crippen molar-refractivity contribution in [3.63, 3.8) is 0 Å². The highest BCUT2D eigenvalue weighted by atomic mass is 35.5. The van der Waals surface area contributed by atoms with E-state index in [1.54, 1.807) is 0 Å². The van der Waals surface area contributed by atoms with Crippen molar-refractivity contribution in [3.8, 4) is 0 Å². The lowest BCUT2D eigenvalue weighted by Gasteiger charge is -2.09. The van der Waals surface area contributed by atoms with Crippen LogP contribution in [0.2, 0.25) is 5.28 Å². The summed E-state index contributed by atoms with van der Waals surface area (Å²) < 4.78 is 26.5. The first-order valence-corrected chi connectivity index (χ1v) is 6.61. The van der Waals surface area contributed by atoms with Crippen LogP contribution in [0.1, 0.15) is 5.56 Å². The molecule has 6 heteroatoms. The van der Waals surface area contributed by atoms with Gasteiger partial charge in [-0.3, -0.25) is 0 Å². The average molecular weight is 306 g/mol. The fraction of sp³-hybridized carbons (Fsp3) is 0.0667. The monoisotopic (exact) mass is 305 g/mol. The topological polar surface area (TPSA) is 37.8 Å². The Morgan fingerprint density at radius 3 is 2.67 bits per heavy atom. The maximum atomic E-state index is 13.6. The van der Waals surface area contributed by atoms with Gasteiger partial charge < -0.3 is 5.32 Å². The molecule has 0 radical (unpaired) electrons. The summed E-state index contributed by atoms with van der Waals surface area (Å²) >= 11 is 5.87. The zero-order valence-electron chi connectivity index (χ0n) is 10.8. The Hall–Kier alpha value is -2.27. The number of halogens is 3. The van der Waals surface area contributed by atoms with Gasteiger partial charge in [0.2, 0.25) is 5.28 Å². The van der Waals surface area contributed by atoms with Crippen LogP contribution in [-0.4, -0.2) is 9.97 Å². The molecule has 3 aromatic rings. The van der Waals surface area contributed by atoms with Crippen molar-refractivity contribution < 1.29 is 8.78 Å². The molecule has 1 aromatic heterocycles. The predicted molar refractivity (Wildman–Crippen MR) is 78.2 cm³/mol. The van der Waals surface area contributed by atoms with E-state index in [9.17, 15) is 8.78 Å². The Morgan fingerprint density at radius 1 is 1.05 bits per heavy atom. The molecule has 0 amide bonds. The lowest BCUT2D eigenvalue weighted by atomic mass is 10.2. The fourth-order valence-corrected chi connectivity index (χ4v) is 2.20. The molecule has 0 bridgehead atoms. The van der Waals surface area contributed by atoms with Crippen LogP contribution < -0.4 is 5.32 Å². The van der Waals surface area contributed by atoms with Gasteiger partial charge in [0.15, 0.2) is 0 Å². The summed E-state index contributed by atoms with van der Waals surface area (Å²) in [7, 11) is 0. The molecule has 0 unspecified atom stereocenters. The Bertz CT molecular complexity index is 808. The highest BCUT2D eigenvalue weighted by Crippen LogP contribution is 2.22. The molecule has 106 valence electrons. The van der Waals surface area contributed by atoms with Crippen LogP contribution in [0.25, 0.3) is 10.9 Å². The number of fused-ring (bicyclic) bond motifs is 1. The van der Waals surface area contributed by atoms with Crippen molar-refractivity contribution in [3.05, 3.63) is 64.9 Å². The summed E-state index contributed by atoms with van der Waals surface area (Å²) in [5.41, 5.74) is 1.04. The summed E-state index contributed by atoms with van der Waals surface area (Å²) in [4.78, 5) is 8.22. The molecule has 0 aliphatic carbocycles. The zero-order chi connectivity index (χ0) is 14.8. The van der Waals surface area contributed by atoms with Crippen molar-refractivity contribution in [2.75, 3.05) is 5.32 Å². The first-order chi connectivity index (χ1) is 10.1. The maximum absolute atomic E-state index is 13.6. The molecule has 0 aliphatic rings. The van der Waals surface area contributed by atoms with Gasteiger partial charge in [-0.15, -0.1) is 0 Å². The van der Waals surface area contributed by atoms with Crippen molar-refractivity contribution in [2.24, 2.45) is 0 Å². The van der Waals surface area contributed by atoms with Gasteiger partial charge in [-0.1, -0.05) is 18.2 Å². The minimum Gasteiger partial charge on any atom is -0.365 e. The van der Waals surface area contributed by atoms with E-state index in [-0.39, 0.29) is 11.8 Å². The third kappa shape index (κ3) is 2.92. The lowest BCUT2D eigenvalue weighted by molar-refractivity contribution is 0.574. The molecule has 1 heterocycles. The Morgan fingerprint density at radius 2 is 1.86 bits per heavy atom. The van der Waals surface area contributed by atoms with Crippen LogP contribution in [0.4, 0.5) is 14.6 Å². The second-order valence-corrected chi connectivity index (χ2v) is 4.79. The minimum atomic E-state index is -0.605. The number of rotatable bonds is 3. The maximum Gasteiger partial charge on any atom is 0.224 e. The number of benzene rings is 2. The first kappa shape index (κ1) is 13.7. The van der Waals surface area contributed by atoms with Gasteiger partial charge in [-0.2, -0.15) is 0 Å². The molecule has 0 spiro atoms. The molecule has 0 fully saturated rings. The van der Waals surface area contributed by atoms with Gasteiger partial charge in [0, 0.05) is 23.6 Å². The molecule has 0 saturated carbocycles. The normalized spacial score (nSPS) is 10.8. The van der Waals surface area contributed by atoms with E-state index in [0.717, 1.165) is 11.5 Å². The third-order valence-electron chi connectivity index (χ3n) is 3.04. The molecule has 3 nitrogen and oxygen atoms in total. The second kappa shape index (κ2) is 5.61. The zero-order valence-corrected chi connectivity index (χ0v) is 11.5. The van der Waals surface area contributed by atoms with E-state index in [4.69, 9.17) is 11.6 Å². The molecule has 0 saturated heterocycles. The van der Waals surface area contributed by atoms with E-state index in [1.165, 1.54) is 12.1 Å². The van der Waals surface area contributed by atoms with Gasteiger partial charge in [0.1, 0.15) is 17.5 Å². The highest BCUT2D eigenvalue weighted by Gasteiger charge is 2.08. The largest absolute Gasteiger partial charge is 0.365 e. The SMILES string of the molecule is Fc1ccc(CNc2nc(Cl)nc3ccccc23)c(F)c1. The molecule has 0 atom stereocenters. The van der Waals surface area contributed by atoms with Crippen molar-refractivity contribution in [1.82, 2.24) is 9.97 Å². The Kier molecular flexibility index (Phi) is 3.66. The Labute approximate surface area is 124 Å². The second-order valence-electron chi connectivity index (χ2n) is 4.45. The number of hydrogen-bond donors (Lipinski definition) is 1. The summed E-state index contributed by atoms with van der Waals surface area (Å²) in [6.45, 7) is 0.170. The minimum absolute atomic E-state index is 0.107. The van der Waals surface area contributed by atoms with E-state index >= 15 is 0 Å². The van der Waals surface area contributed by atoms with Crippen molar-refractivity contribution in [2.45, 2.75) is 6.54 Å². The number of anilines is 1. The van der Waals surface area contributed by atoms with E-state index < -0.39 is 11.6 Å². The van der Waals surface area contributed by atoms with Crippen LogP contribution in [0, 0.1) is 11.6 Å². The number of para-hydroxylation sites is 1. The van der Waals surface area contributed by atoms with Crippen molar-refractivity contribution in [1.29, 1.82) is 0 Å². The first-order valence-electron chi connectivity index (χ1n) is 6.23. The van der Waals surface area contributed by atoms with Crippen LogP contribution >= 0.6 is 11.6 Å². The van der Waals surface area contributed by atoms with Gasteiger partial charge in [0.05, 0.1) is 5.52 Å². The van der Waals surface area contributed by atoms with Crippen LogP contribution in [0.5, 0.6) is 0 Å². The van der Waals surface area contributed by atoms with E-state index in [2.05, 4.69) is 15.3 Å². The molecule has 0 aliphatic heterocycles. The molecule has 2 aromatic carbocycles. The van der Waals surface area contributed by atoms with E-state index in [1.807, 2.05) is 24.3 Å². The van der Waals surface area contributed by atoms with Gasteiger partial charge in [0.25, 0.3) is 0 Å². The Balaban J connectivity index is 1.91. The lowest BCUT2D eigenvalue weighted by Crippen LogP contribution is -2.05. The molecular weight excluding hydrogens is 296 g/mol. The molecular formula is C15H10ClF2N3. The third-order valence-corrected chi connectivity index (χ3v) is 3.21. The quantitative estimate of drug-likeness (QED) is 0.738. The van der Waals surface area contributed by atoms with Crippen LogP contribution in [-0.2, 0) is 6.54 Å². The summed E-state index contributed by atoms with van der Waals surface area (Å²) in [5.74, 6) is -0.701.